The minimum absolute atomic E-state index is 0.219. The summed E-state index contributed by atoms with van der Waals surface area (Å²) in [6.45, 7) is 0.167. The van der Waals surface area contributed by atoms with Crippen molar-refractivity contribution in [3.8, 4) is 0 Å². The largest absolute Gasteiger partial charge is 0.391 e. The SMILES string of the molecule is NC1CCCC1CCOCCC(F)(F)F. The van der Waals surface area contributed by atoms with Gasteiger partial charge in [0.05, 0.1) is 13.0 Å². The fraction of sp³-hybridized carbons (Fsp3) is 1.00. The van der Waals surface area contributed by atoms with E-state index in [2.05, 4.69) is 0 Å². The fourth-order valence-corrected chi connectivity index (χ4v) is 1.95. The Hall–Kier alpha value is -0.290. The van der Waals surface area contributed by atoms with Crippen LogP contribution < -0.4 is 5.73 Å². The standard InChI is InChI=1S/C10H18F3NO/c11-10(12,13)5-7-15-6-4-8-2-1-3-9(8)14/h8-9H,1-7,14H2. The van der Waals surface area contributed by atoms with Crippen molar-refractivity contribution in [3.63, 3.8) is 0 Å². The first-order valence-corrected chi connectivity index (χ1v) is 5.39. The highest BCUT2D eigenvalue weighted by molar-refractivity contribution is 4.79. The molecule has 2 nitrogen and oxygen atoms in total. The molecule has 0 aromatic heterocycles. The maximum Gasteiger partial charge on any atom is 0.391 e. The maximum atomic E-state index is 11.7. The van der Waals surface area contributed by atoms with Gasteiger partial charge in [-0.3, -0.25) is 0 Å². The number of rotatable bonds is 5. The lowest BCUT2D eigenvalue weighted by atomic mass is 10.0. The molecular formula is C10H18F3NO. The van der Waals surface area contributed by atoms with Crippen LogP contribution in [0.15, 0.2) is 0 Å². The van der Waals surface area contributed by atoms with Crippen LogP contribution in [-0.2, 0) is 4.74 Å². The van der Waals surface area contributed by atoms with Crippen LogP contribution in [0.1, 0.15) is 32.1 Å². The molecule has 0 spiro atoms. The van der Waals surface area contributed by atoms with E-state index in [4.69, 9.17) is 10.5 Å². The van der Waals surface area contributed by atoms with E-state index >= 15 is 0 Å². The number of halogens is 3. The van der Waals surface area contributed by atoms with Crippen molar-refractivity contribution in [2.75, 3.05) is 13.2 Å². The Morgan fingerprint density at radius 3 is 2.47 bits per heavy atom. The molecule has 0 heterocycles. The number of hydrogen-bond acceptors (Lipinski definition) is 2. The third-order valence-corrected chi connectivity index (χ3v) is 2.88. The van der Waals surface area contributed by atoms with Crippen LogP contribution >= 0.6 is 0 Å². The van der Waals surface area contributed by atoms with Crippen LogP contribution in [0.4, 0.5) is 13.2 Å². The summed E-state index contributed by atoms with van der Waals surface area (Å²) in [5, 5.41) is 0. The Labute approximate surface area is 88.0 Å². The van der Waals surface area contributed by atoms with Gasteiger partial charge in [0.2, 0.25) is 0 Å². The minimum Gasteiger partial charge on any atom is -0.381 e. The number of ether oxygens (including phenoxy) is 1. The number of hydrogen-bond donors (Lipinski definition) is 1. The van der Waals surface area contributed by atoms with Gasteiger partial charge >= 0.3 is 6.18 Å². The second-order valence-electron chi connectivity index (χ2n) is 4.12. The summed E-state index contributed by atoms with van der Waals surface area (Å²) < 4.78 is 40.2. The number of nitrogens with two attached hydrogens (primary N) is 1. The van der Waals surface area contributed by atoms with Gasteiger partial charge in [-0.05, 0) is 25.2 Å². The zero-order valence-electron chi connectivity index (χ0n) is 8.72. The van der Waals surface area contributed by atoms with E-state index in [0.29, 0.717) is 12.5 Å². The first kappa shape index (κ1) is 12.8. The molecule has 2 atom stereocenters. The Kier molecular flexibility index (Phi) is 4.86. The summed E-state index contributed by atoms with van der Waals surface area (Å²) in [4.78, 5) is 0. The molecule has 0 aromatic carbocycles. The molecule has 1 saturated carbocycles. The molecule has 2 unspecified atom stereocenters. The Bertz CT molecular complexity index is 184. The zero-order chi connectivity index (χ0) is 11.3. The summed E-state index contributed by atoms with van der Waals surface area (Å²) in [5.74, 6) is 0.441. The van der Waals surface area contributed by atoms with Crippen LogP contribution in [-0.4, -0.2) is 25.4 Å². The maximum absolute atomic E-state index is 11.7. The molecule has 1 rings (SSSR count). The Balaban J connectivity index is 1.97. The molecule has 0 bridgehead atoms. The van der Waals surface area contributed by atoms with E-state index < -0.39 is 12.6 Å². The fourth-order valence-electron chi connectivity index (χ4n) is 1.95. The average Bonchev–Trinajstić information content (AvgIpc) is 2.49. The van der Waals surface area contributed by atoms with Gasteiger partial charge in [0.15, 0.2) is 0 Å². The van der Waals surface area contributed by atoms with Gasteiger partial charge in [-0.15, -0.1) is 0 Å². The van der Waals surface area contributed by atoms with Crippen molar-refractivity contribution in [2.45, 2.75) is 44.3 Å². The normalized spacial score (nSPS) is 27.2. The lowest BCUT2D eigenvalue weighted by Gasteiger charge is -2.15. The molecule has 0 radical (unpaired) electrons. The van der Waals surface area contributed by atoms with Crippen molar-refractivity contribution in [2.24, 2.45) is 11.7 Å². The monoisotopic (exact) mass is 225 g/mol. The van der Waals surface area contributed by atoms with E-state index in [1.165, 1.54) is 0 Å². The van der Waals surface area contributed by atoms with Crippen LogP contribution in [0.3, 0.4) is 0 Å². The molecule has 90 valence electrons. The zero-order valence-corrected chi connectivity index (χ0v) is 8.72. The lowest BCUT2D eigenvalue weighted by molar-refractivity contribution is -0.145. The molecule has 0 amide bonds. The second-order valence-corrected chi connectivity index (χ2v) is 4.12. The molecular weight excluding hydrogens is 207 g/mol. The van der Waals surface area contributed by atoms with E-state index in [9.17, 15) is 13.2 Å². The molecule has 0 aliphatic heterocycles. The van der Waals surface area contributed by atoms with Gasteiger partial charge in [-0.25, -0.2) is 0 Å². The average molecular weight is 225 g/mol. The predicted molar refractivity (Wildman–Crippen MR) is 51.4 cm³/mol. The molecule has 1 aliphatic carbocycles. The van der Waals surface area contributed by atoms with E-state index in [1.54, 1.807) is 0 Å². The molecule has 1 fully saturated rings. The predicted octanol–water partition coefficient (Wildman–Crippen LogP) is 2.47. The van der Waals surface area contributed by atoms with Crippen LogP contribution in [0.5, 0.6) is 0 Å². The lowest BCUT2D eigenvalue weighted by Crippen LogP contribution is -2.25. The third kappa shape index (κ3) is 5.37. The van der Waals surface area contributed by atoms with Gasteiger partial charge in [0.25, 0.3) is 0 Å². The van der Waals surface area contributed by atoms with E-state index in [-0.39, 0.29) is 12.6 Å². The quantitative estimate of drug-likeness (QED) is 0.729. The van der Waals surface area contributed by atoms with Crippen LogP contribution in [0, 0.1) is 5.92 Å². The van der Waals surface area contributed by atoms with Gasteiger partial charge < -0.3 is 10.5 Å². The van der Waals surface area contributed by atoms with Gasteiger partial charge in [0.1, 0.15) is 0 Å². The van der Waals surface area contributed by atoms with Crippen molar-refractivity contribution in [1.29, 1.82) is 0 Å². The second kappa shape index (κ2) is 5.70. The summed E-state index contributed by atoms with van der Waals surface area (Å²) in [6.07, 6.45) is -0.919. The first-order chi connectivity index (χ1) is 6.99. The highest BCUT2D eigenvalue weighted by Crippen LogP contribution is 2.26. The van der Waals surface area contributed by atoms with Crippen LogP contribution in [0.25, 0.3) is 0 Å². The highest BCUT2D eigenvalue weighted by Gasteiger charge is 2.27. The molecule has 0 aromatic rings. The minimum atomic E-state index is -4.11. The van der Waals surface area contributed by atoms with Crippen molar-refractivity contribution >= 4 is 0 Å². The summed E-state index contributed by atoms with van der Waals surface area (Å²) in [6, 6.07) is 0.219. The Morgan fingerprint density at radius 1 is 1.20 bits per heavy atom. The number of alkyl halides is 3. The first-order valence-electron chi connectivity index (χ1n) is 5.39. The van der Waals surface area contributed by atoms with Crippen molar-refractivity contribution in [1.82, 2.24) is 0 Å². The van der Waals surface area contributed by atoms with Crippen molar-refractivity contribution < 1.29 is 17.9 Å². The van der Waals surface area contributed by atoms with Crippen LogP contribution in [0.2, 0.25) is 0 Å². The molecule has 1 aliphatic rings. The summed E-state index contributed by atoms with van der Waals surface area (Å²) >= 11 is 0. The summed E-state index contributed by atoms with van der Waals surface area (Å²) in [7, 11) is 0. The van der Waals surface area contributed by atoms with Crippen molar-refractivity contribution in [3.05, 3.63) is 0 Å². The molecule has 5 heteroatoms. The topological polar surface area (TPSA) is 35.2 Å². The van der Waals surface area contributed by atoms with Gasteiger partial charge in [0, 0.05) is 12.6 Å². The van der Waals surface area contributed by atoms with E-state index in [0.717, 1.165) is 25.7 Å². The highest BCUT2D eigenvalue weighted by atomic mass is 19.4. The summed E-state index contributed by atoms with van der Waals surface area (Å²) in [5.41, 5.74) is 5.83. The smallest absolute Gasteiger partial charge is 0.381 e. The van der Waals surface area contributed by atoms with E-state index in [1.807, 2.05) is 0 Å². The molecule has 0 saturated heterocycles. The van der Waals surface area contributed by atoms with Gasteiger partial charge in [-0.1, -0.05) is 6.42 Å². The van der Waals surface area contributed by atoms with Gasteiger partial charge in [-0.2, -0.15) is 13.2 Å². The third-order valence-electron chi connectivity index (χ3n) is 2.88. The molecule has 2 N–H and O–H groups in total. The Morgan fingerprint density at radius 2 is 1.93 bits per heavy atom. The molecule has 15 heavy (non-hydrogen) atoms.